The average Bonchev–Trinajstić information content (AvgIpc) is 2.96. The molecule has 0 bridgehead atoms. The molecule has 5 nitrogen and oxygen atoms in total. The van der Waals surface area contributed by atoms with E-state index in [2.05, 4.69) is 38.2 Å². The Morgan fingerprint density at radius 1 is 1.33 bits per heavy atom. The third kappa shape index (κ3) is 3.61. The van der Waals surface area contributed by atoms with Gasteiger partial charge in [-0.3, -0.25) is 0 Å². The van der Waals surface area contributed by atoms with Gasteiger partial charge in [0.25, 0.3) is 0 Å². The van der Waals surface area contributed by atoms with Gasteiger partial charge in [0.2, 0.25) is 5.95 Å². The maximum absolute atomic E-state index is 9.75. The summed E-state index contributed by atoms with van der Waals surface area (Å²) in [4.78, 5) is 13.2. The van der Waals surface area contributed by atoms with E-state index >= 15 is 0 Å². The van der Waals surface area contributed by atoms with E-state index in [0.717, 1.165) is 35.4 Å². The maximum Gasteiger partial charge on any atom is 0.223 e. The molecule has 0 aliphatic heterocycles. The molecule has 2 aromatic heterocycles. The second-order valence-corrected chi connectivity index (χ2v) is 6.15. The van der Waals surface area contributed by atoms with Gasteiger partial charge in [0, 0.05) is 24.5 Å². The zero-order valence-corrected chi connectivity index (χ0v) is 14.1. The predicted molar refractivity (Wildman–Crippen MR) is 94.4 cm³/mol. The summed E-state index contributed by atoms with van der Waals surface area (Å²) in [6.45, 7) is 6.10. The number of allylic oxidation sites excluding steroid dienone is 1. The van der Waals surface area contributed by atoms with Crippen molar-refractivity contribution in [2.45, 2.75) is 32.8 Å². The predicted octanol–water partition coefficient (Wildman–Crippen LogP) is 2.41. The Labute approximate surface area is 141 Å². The van der Waals surface area contributed by atoms with Gasteiger partial charge in [-0.05, 0) is 56.4 Å². The molecule has 122 valence electrons. The van der Waals surface area contributed by atoms with E-state index in [9.17, 15) is 5.11 Å². The van der Waals surface area contributed by atoms with E-state index in [4.69, 9.17) is 0 Å². The molecule has 0 saturated carbocycles. The molecule has 0 radical (unpaired) electrons. The van der Waals surface area contributed by atoms with Crippen LogP contribution in [0.4, 0.5) is 5.95 Å². The van der Waals surface area contributed by atoms with Crippen LogP contribution in [0.25, 0.3) is 5.57 Å². The second kappa shape index (κ2) is 6.42. The normalized spacial score (nSPS) is 12.9. The Morgan fingerprint density at radius 2 is 2.17 bits per heavy atom. The van der Waals surface area contributed by atoms with E-state index in [1.807, 2.05) is 25.3 Å². The first-order valence-corrected chi connectivity index (χ1v) is 7.98. The lowest BCUT2D eigenvalue weighted by molar-refractivity contribution is 0.143. The molecule has 0 unspecified atom stereocenters. The van der Waals surface area contributed by atoms with Crippen molar-refractivity contribution in [1.29, 1.82) is 0 Å². The average molecular weight is 320 g/mol. The number of aliphatic hydroxyl groups is 1. The number of hydrogen-bond acceptors (Lipinski definition) is 5. The highest BCUT2D eigenvalue weighted by Crippen LogP contribution is 2.31. The first-order valence-electron chi connectivity index (χ1n) is 7.98. The molecule has 0 atom stereocenters. The molecule has 0 amide bonds. The molecule has 1 aliphatic rings. The fourth-order valence-electron chi connectivity index (χ4n) is 2.50. The molecule has 5 heteroatoms. The largest absolute Gasteiger partial charge is 0.378 e. The Kier molecular flexibility index (Phi) is 4.32. The highest BCUT2D eigenvalue weighted by molar-refractivity contribution is 5.83. The van der Waals surface area contributed by atoms with Crippen molar-refractivity contribution in [1.82, 2.24) is 15.0 Å². The molecule has 24 heavy (non-hydrogen) atoms. The third-order valence-electron chi connectivity index (χ3n) is 3.57. The number of fused-ring (bicyclic) bond motifs is 1. The number of aromatic nitrogens is 3. The van der Waals surface area contributed by atoms with Crippen LogP contribution in [0.2, 0.25) is 0 Å². The number of pyridine rings is 1. The highest BCUT2D eigenvalue weighted by atomic mass is 16.3. The van der Waals surface area contributed by atoms with Crippen molar-refractivity contribution in [2.75, 3.05) is 11.9 Å². The van der Waals surface area contributed by atoms with Crippen LogP contribution in [-0.2, 0) is 6.42 Å². The van der Waals surface area contributed by atoms with Gasteiger partial charge in [-0.25, -0.2) is 15.0 Å². The van der Waals surface area contributed by atoms with Crippen LogP contribution in [-0.4, -0.2) is 32.2 Å². The Bertz CT molecular complexity index is 854. The number of nitrogens with one attached hydrogen (secondary N) is 1. The molecular weight excluding hydrogens is 300 g/mol. The zero-order chi connectivity index (χ0) is 17.2. The minimum atomic E-state index is -1.03. The lowest BCUT2D eigenvalue weighted by atomic mass is 10.0. The minimum absolute atomic E-state index is 0.625. The summed E-state index contributed by atoms with van der Waals surface area (Å²) in [5.41, 5.74) is 3.80. The van der Waals surface area contributed by atoms with Crippen LogP contribution in [0.1, 0.15) is 43.3 Å². The second-order valence-electron chi connectivity index (χ2n) is 6.15. The van der Waals surface area contributed by atoms with Gasteiger partial charge < -0.3 is 10.4 Å². The van der Waals surface area contributed by atoms with Crippen molar-refractivity contribution < 1.29 is 5.11 Å². The van der Waals surface area contributed by atoms with E-state index < -0.39 is 5.60 Å². The Hall–Kier alpha value is -2.71. The van der Waals surface area contributed by atoms with Crippen molar-refractivity contribution in [3.63, 3.8) is 0 Å². The molecule has 1 aliphatic carbocycles. The Morgan fingerprint density at radius 3 is 2.92 bits per heavy atom. The molecule has 0 aromatic carbocycles. The summed E-state index contributed by atoms with van der Waals surface area (Å²) in [7, 11) is 0. The lowest BCUT2D eigenvalue weighted by Crippen LogP contribution is -2.14. The molecule has 2 aromatic rings. The molecule has 0 spiro atoms. The molecule has 0 fully saturated rings. The molecule has 2 N–H and O–H groups in total. The first-order chi connectivity index (χ1) is 11.5. The quantitative estimate of drug-likeness (QED) is 0.850. The summed E-state index contributed by atoms with van der Waals surface area (Å²) in [6, 6.07) is 3.87. The van der Waals surface area contributed by atoms with Gasteiger partial charge in [-0.1, -0.05) is 12.0 Å². The summed E-state index contributed by atoms with van der Waals surface area (Å²) in [5, 5.41) is 12.9. The van der Waals surface area contributed by atoms with Gasteiger partial charge in [0.15, 0.2) is 0 Å². The standard InChI is InChI=1S/C19H20N4O/c1-4-20-18-21-10-8-17(23-18)15-6-5-13-12-22-14(11-16(13)15)7-9-19(2,3)24/h6,8,10-12,24H,4-5H2,1-3H3,(H,20,21,23). The summed E-state index contributed by atoms with van der Waals surface area (Å²) in [5.74, 6) is 6.36. The minimum Gasteiger partial charge on any atom is -0.378 e. The number of rotatable bonds is 3. The van der Waals surface area contributed by atoms with Gasteiger partial charge in [0.1, 0.15) is 11.3 Å². The van der Waals surface area contributed by atoms with Gasteiger partial charge in [0.05, 0.1) is 5.69 Å². The van der Waals surface area contributed by atoms with Crippen LogP contribution >= 0.6 is 0 Å². The zero-order valence-electron chi connectivity index (χ0n) is 14.1. The smallest absolute Gasteiger partial charge is 0.223 e. The van der Waals surface area contributed by atoms with Crippen molar-refractivity contribution >= 4 is 11.5 Å². The van der Waals surface area contributed by atoms with E-state index in [1.54, 1.807) is 20.0 Å². The lowest BCUT2D eigenvalue weighted by Gasteiger charge is -2.08. The van der Waals surface area contributed by atoms with Crippen molar-refractivity contribution in [3.8, 4) is 11.8 Å². The summed E-state index contributed by atoms with van der Waals surface area (Å²) in [6.07, 6.45) is 6.59. The van der Waals surface area contributed by atoms with Gasteiger partial charge >= 0.3 is 0 Å². The van der Waals surface area contributed by atoms with Crippen LogP contribution in [0.15, 0.2) is 30.6 Å². The van der Waals surface area contributed by atoms with Crippen LogP contribution in [0.5, 0.6) is 0 Å². The molecular formula is C19H20N4O. The summed E-state index contributed by atoms with van der Waals surface area (Å²) >= 11 is 0. The van der Waals surface area contributed by atoms with Crippen molar-refractivity contribution in [2.24, 2.45) is 0 Å². The Balaban J connectivity index is 1.96. The highest BCUT2D eigenvalue weighted by Gasteiger charge is 2.18. The molecule has 3 rings (SSSR count). The number of anilines is 1. The first kappa shape index (κ1) is 16.2. The number of hydrogen-bond donors (Lipinski definition) is 2. The van der Waals surface area contributed by atoms with E-state index in [0.29, 0.717) is 11.6 Å². The SMILES string of the molecule is CCNc1nccc(C2=CCc3cnc(C#CC(C)(C)O)cc32)n1. The fourth-order valence-corrected chi connectivity index (χ4v) is 2.50. The molecule has 2 heterocycles. The van der Waals surface area contributed by atoms with E-state index in [1.165, 1.54) is 0 Å². The van der Waals surface area contributed by atoms with Crippen LogP contribution in [0, 0.1) is 11.8 Å². The van der Waals surface area contributed by atoms with Gasteiger partial charge in [-0.2, -0.15) is 0 Å². The number of nitrogens with zero attached hydrogens (tertiary/aromatic N) is 3. The van der Waals surface area contributed by atoms with E-state index in [-0.39, 0.29) is 0 Å². The van der Waals surface area contributed by atoms with Crippen LogP contribution < -0.4 is 5.32 Å². The van der Waals surface area contributed by atoms with Crippen molar-refractivity contribution in [3.05, 3.63) is 53.1 Å². The monoisotopic (exact) mass is 320 g/mol. The third-order valence-corrected chi connectivity index (χ3v) is 3.57. The molecule has 0 saturated heterocycles. The fraction of sp³-hybridized carbons (Fsp3) is 0.316. The summed E-state index contributed by atoms with van der Waals surface area (Å²) < 4.78 is 0. The maximum atomic E-state index is 9.75. The topological polar surface area (TPSA) is 70.9 Å². The van der Waals surface area contributed by atoms with Gasteiger partial charge in [-0.15, -0.1) is 0 Å². The van der Waals surface area contributed by atoms with Crippen LogP contribution in [0.3, 0.4) is 0 Å².